The van der Waals surface area contributed by atoms with Crippen molar-refractivity contribution >= 4 is 23.5 Å². The number of esters is 1. The summed E-state index contributed by atoms with van der Waals surface area (Å²) in [6, 6.07) is 1.71. The number of ether oxygens (including phenoxy) is 1. The number of rotatable bonds is 6. The molecule has 3 heterocycles. The predicted octanol–water partition coefficient (Wildman–Crippen LogP) is 0.491. The van der Waals surface area contributed by atoms with Crippen molar-refractivity contribution in [1.29, 1.82) is 0 Å². The summed E-state index contributed by atoms with van der Waals surface area (Å²) in [4.78, 5) is 20.3. The number of nitrogens with two attached hydrogens (primary N) is 1. The first-order valence-corrected chi connectivity index (χ1v) is 7.79. The van der Waals surface area contributed by atoms with Crippen LogP contribution in [0.5, 0.6) is 0 Å². The monoisotopic (exact) mass is 348 g/mol. The molecule has 0 aromatic carbocycles. The highest BCUT2D eigenvalue weighted by Crippen LogP contribution is 2.23. The van der Waals surface area contributed by atoms with Gasteiger partial charge in [0.1, 0.15) is 0 Å². The van der Waals surface area contributed by atoms with Gasteiger partial charge in [-0.2, -0.15) is 4.68 Å². The summed E-state index contributed by atoms with van der Waals surface area (Å²) < 4.78 is 10.9. The summed E-state index contributed by atoms with van der Waals surface area (Å²) in [7, 11) is 0. The van der Waals surface area contributed by atoms with Gasteiger partial charge in [0.2, 0.25) is 11.6 Å². The summed E-state index contributed by atoms with van der Waals surface area (Å²) in [6.45, 7) is 1.92. The molecule has 3 rings (SSSR count). The van der Waals surface area contributed by atoms with Gasteiger partial charge in [-0.05, 0) is 23.3 Å². The first-order chi connectivity index (χ1) is 11.7. The van der Waals surface area contributed by atoms with Crippen LogP contribution in [0.25, 0.3) is 5.82 Å². The number of hydrogen-bond donors (Lipinski definition) is 1. The van der Waals surface area contributed by atoms with E-state index in [-0.39, 0.29) is 29.7 Å². The number of nitrogen functional groups attached to an aromatic ring is 1. The van der Waals surface area contributed by atoms with Crippen molar-refractivity contribution < 1.29 is 14.2 Å². The maximum atomic E-state index is 12.1. The Morgan fingerprint density at radius 1 is 1.38 bits per heavy atom. The molecule has 0 spiro atoms. The summed E-state index contributed by atoms with van der Waals surface area (Å²) in [5.74, 6) is -0.138. The molecule has 0 aliphatic rings. The van der Waals surface area contributed by atoms with Gasteiger partial charge in [-0.25, -0.2) is 19.4 Å². The van der Waals surface area contributed by atoms with Crippen LogP contribution in [0.2, 0.25) is 0 Å². The van der Waals surface area contributed by atoms with Crippen LogP contribution in [0, 0.1) is 0 Å². The SMILES string of the molecule is CCOC(=O)c1nnn(-c2nonc2N)c1CSc1ncccn1. The highest BCUT2D eigenvalue weighted by atomic mass is 32.2. The van der Waals surface area contributed by atoms with Crippen LogP contribution in [0.3, 0.4) is 0 Å². The summed E-state index contributed by atoms with van der Waals surface area (Å²) in [6.07, 6.45) is 3.24. The van der Waals surface area contributed by atoms with E-state index in [1.807, 2.05) is 0 Å². The first-order valence-electron chi connectivity index (χ1n) is 6.80. The van der Waals surface area contributed by atoms with Crippen molar-refractivity contribution in [3.63, 3.8) is 0 Å². The Labute approximate surface area is 139 Å². The average molecular weight is 348 g/mol. The fraction of sp³-hybridized carbons (Fsp3) is 0.250. The molecule has 0 aliphatic heterocycles. The van der Waals surface area contributed by atoms with E-state index in [1.54, 1.807) is 25.4 Å². The van der Waals surface area contributed by atoms with E-state index in [1.165, 1.54) is 16.4 Å². The Kier molecular flexibility index (Phi) is 4.65. The number of anilines is 1. The topological polar surface area (TPSA) is 148 Å². The third-order valence-corrected chi connectivity index (χ3v) is 3.70. The molecule has 3 aromatic heterocycles. The molecule has 0 unspecified atom stereocenters. The normalized spacial score (nSPS) is 10.7. The fourth-order valence-corrected chi connectivity index (χ4v) is 2.59. The van der Waals surface area contributed by atoms with Gasteiger partial charge in [-0.3, -0.25) is 0 Å². The Morgan fingerprint density at radius 2 is 2.17 bits per heavy atom. The molecule has 0 saturated heterocycles. The van der Waals surface area contributed by atoms with E-state index in [2.05, 4.69) is 35.2 Å². The number of aromatic nitrogens is 7. The zero-order chi connectivity index (χ0) is 16.9. The fourth-order valence-electron chi connectivity index (χ4n) is 1.79. The van der Waals surface area contributed by atoms with Crippen molar-refractivity contribution in [3.8, 4) is 5.82 Å². The second-order valence-electron chi connectivity index (χ2n) is 4.31. The van der Waals surface area contributed by atoms with Crippen LogP contribution in [0.1, 0.15) is 23.1 Å². The third kappa shape index (κ3) is 3.17. The second kappa shape index (κ2) is 7.04. The molecule has 0 radical (unpaired) electrons. The molecule has 0 fully saturated rings. The second-order valence-corrected chi connectivity index (χ2v) is 5.25. The zero-order valence-electron chi connectivity index (χ0n) is 12.5. The van der Waals surface area contributed by atoms with Crippen molar-refractivity contribution in [2.75, 3.05) is 12.3 Å². The van der Waals surface area contributed by atoms with Crippen molar-refractivity contribution in [2.24, 2.45) is 0 Å². The molecular formula is C12H12N8O3S. The molecule has 3 aromatic rings. The number of carbonyl (C=O) groups excluding carboxylic acids is 1. The van der Waals surface area contributed by atoms with Crippen LogP contribution in [-0.4, -0.2) is 47.9 Å². The van der Waals surface area contributed by atoms with Crippen molar-refractivity contribution in [2.45, 2.75) is 17.8 Å². The van der Waals surface area contributed by atoms with Gasteiger partial charge in [0.05, 0.1) is 12.3 Å². The zero-order valence-corrected chi connectivity index (χ0v) is 13.3. The lowest BCUT2D eigenvalue weighted by Gasteiger charge is -2.05. The minimum absolute atomic E-state index is 0.0255. The molecule has 0 bridgehead atoms. The van der Waals surface area contributed by atoms with E-state index in [4.69, 9.17) is 10.5 Å². The molecule has 12 heteroatoms. The minimum atomic E-state index is -0.594. The van der Waals surface area contributed by atoms with Crippen LogP contribution in [0.4, 0.5) is 5.82 Å². The lowest BCUT2D eigenvalue weighted by Crippen LogP contribution is -2.10. The van der Waals surface area contributed by atoms with E-state index >= 15 is 0 Å². The molecule has 0 saturated carbocycles. The molecule has 11 nitrogen and oxygen atoms in total. The smallest absolute Gasteiger partial charge is 0.360 e. The molecule has 0 atom stereocenters. The third-order valence-electron chi connectivity index (χ3n) is 2.81. The van der Waals surface area contributed by atoms with E-state index in [0.717, 1.165) is 0 Å². The number of carbonyl (C=O) groups is 1. The summed E-state index contributed by atoms with van der Waals surface area (Å²) in [5.41, 5.74) is 6.17. The summed E-state index contributed by atoms with van der Waals surface area (Å²) >= 11 is 1.29. The first kappa shape index (κ1) is 15.9. The summed E-state index contributed by atoms with van der Waals surface area (Å²) in [5, 5.41) is 15.5. The number of thioether (sulfide) groups is 1. The Bertz CT molecular complexity index is 834. The van der Waals surface area contributed by atoms with E-state index < -0.39 is 5.97 Å². The van der Waals surface area contributed by atoms with Gasteiger partial charge in [-0.15, -0.1) is 5.10 Å². The van der Waals surface area contributed by atoms with Gasteiger partial charge in [0.15, 0.2) is 10.9 Å². The van der Waals surface area contributed by atoms with Gasteiger partial charge >= 0.3 is 5.97 Å². The Hall–Kier alpha value is -3.02. The highest BCUT2D eigenvalue weighted by Gasteiger charge is 2.25. The Balaban J connectivity index is 1.95. The number of nitrogens with zero attached hydrogens (tertiary/aromatic N) is 7. The molecule has 124 valence electrons. The molecule has 0 amide bonds. The minimum Gasteiger partial charge on any atom is -0.461 e. The van der Waals surface area contributed by atoms with Crippen molar-refractivity contribution in [3.05, 3.63) is 29.8 Å². The highest BCUT2D eigenvalue weighted by molar-refractivity contribution is 7.98. The maximum Gasteiger partial charge on any atom is 0.360 e. The van der Waals surface area contributed by atoms with Gasteiger partial charge < -0.3 is 10.5 Å². The Morgan fingerprint density at radius 3 is 2.83 bits per heavy atom. The lowest BCUT2D eigenvalue weighted by atomic mass is 10.3. The van der Waals surface area contributed by atoms with Crippen LogP contribution < -0.4 is 5.73 Å². The molecule has 0 aliphatic carbocycles. The average Bonchev–Trinajstić information content (AvgIpc) is 3.19. The predicted molar refractivity (Wildman–Crippen MR) is 81.2 cm³/mol. The molecular weight excluding hydrogens is 336 g/mol. The van der Waals surface area contributed by atoms with E-state index in [0.29, 0.717) is 10.9 Å². The van der Waals surface area contributed by atoms with Gasteiger partial charge in [0.25, 0.3) is 0 Å². The van der Waals surface area contributed by atoms with Gasteiger partial charge in [-0.1, -0.05) is 17.0 Å². The van der Waals surface area contributed by atoms with Crippen LogP contribution >= 0.6 is 11.8 Å². The van der Waals surface area contributed by atoms with Crippen LogP contribution in [-0.2, 0) is 10.5 Å². The van der Waals surface area contributed by atoms with Gasteiger partial charge in [0, 0.05) is 18.1 Å². The maximum absolute atomic E-state index is 12.1. The molecule has 2 N–H and O–H groups in total. The van der Waals surface area contributed by atoms with Crippen LogP contribution in [0.15, 0.2) is 28.2 Å². The van der Waals surface area contributed by atoms with E-state index in [9.17, 15) is 4.79 Å². The lowest BCUT2D eigenvalue weighted by molar-refractivity contribution is 0.0518. The number of hydrogen-bond acceptors (Lipinski definition) is 11. The quantitative estimate of drug-likeness (QED) is 0.377. The van der Waals surface area contributed by atoms with Crippen molar-refractivity contribution in [1.82, 2.24) is 35.3 Å². The largest absolute Gasteiger partial charge is 0.461 e. The molecule has 24 heavy (non-hydrogen) atoms. The standard InChI is InChI=1S/C12H12N8O3S/c1-2-22-11(21)8-7(6-24-12-14-4-3-5-15-12)20(19-16-8)10-9(13)17-23-18-10/h3-5H,2,6H2,1H3,(H2,13,17).